The van der Waals surface area contributed by atoms with Crippen molar-refractivity contribution in [1.29, 1.82) is 0 Å². The average molecular weight is 207 g/mol. The number of aromatic nitrogens is 1. The van der Waals surface area contributed by atoms with Gasteiger partial charge in [0.25, 0.3) is 0 Å². The second-order valence-electron chi connectivity index (χ2n) is 1.51. The summed E-state index contributed by atoms with van der Waals surface area (Å²) in [6.45, 7) is 0. The molecule has 1 heterocycles. The molecule has 1 aromatic heterocycles. The minimum atomic E-state index is -1.17. The number of aromatic carboxylic acids is 1. The highest BCUT2D eigenvalue weighted by molar-refractivity contribution is 9.10. The van der Waals surface area contributed by atoms with Crippen LogP contribution in [0.5, 0.6) is 0 Å². The summed E-state index contributed by atoms with van der Waals surface area (Å²) in [6, 6.07) is 0. The van der Waals surface area contributed by atoms with E-state index in [1.807, 2.05) is 0 Å². The summed E-state index contributed by atoms with van der Waals surface area (Å²) in [5.74, 6) is -1.20. The number of anilines is 1. The molecule has 10 heavy (non-hydrogen) atoms. The monoisotopic (exact) mass is 206 g/mol. The third-order valence-corrected chi connectivity index (χ3v) is 1.63. The summed E-state index contributed by atoms with van der Waals surface area (Å²) in [4.78, 5) is 10.2. The molecule has 0 amide bonds. The van der Waals surface area contributed by atoms with Crippen molar-refractivity contribution in [1.82, 2.24) is 5.16 Å². The minimum absolute atomic E-state index is 0.0302. The van der Waals surface area contributed by atoms with Gasteiger partial charge in [0.2, 0.25) is 11.6 Å². The van der Waals surface area contributed by atoms with Gasteiger partial charge in [-0.3, -0.25) is 0 Å². The Balaban J connectivity index is 3.17. The van der Waals surface area contributed by atoms with Gasteiger partial charge in [0.1, 0.15) is 4.47 Å². The van der Waals surface area contributed by atoms with Gasteiger partial charge in [-0.25, -0.2) is 4.79 Å². The van der Waals surface area contributed by atoms with Crippen LogP contribution in [-0.2, 0) is 0 Å². The third kappa shape index (κ3) is 0.971. The van der Waals surface area contributed by atoms with Gasteiger partial charge in [-0.2, -0.15) is 0 Å². The Hall–Kier alpha value is -1.04. The van der Waals surface area contributed by atoms with Crippen molar-refractivity contribution in [2.24, 2.45) is 0 Å². The first-order valence-electron chi connectivity index (χ1n) is 2.27. The predicted octanol–water partition coefficient (Wildman–Crippen LogP) is 0.718. The lowest BCUT2D eigenvalue weighted by Gasteiger charge is -1.82. The maximum Gasteiger partial charge on any atom is 0.359 e. The van der Waals surface area contributed by atoms with Crippen molar-refractivity contribution in [3.63, 3.8) is 0 Å². The molecule has 0 saturated heterocycles. The molecule has 1 aromatic rings. The van der Waals surface area contributed by atoms with Gasteiger partial charge in [-0.1, -0.05) is 5.16 Å². The van der Waals surface area contributed by atoms with E-state index >= 15 is 0 Å². The highest BCUT2D eigenvalue weighted by atomic mass is 79.9. The van der Waals surface area contributed by atoms with Gasteiger partial charge in [0.15, 0.2) is 0 Å². The fourth-order valence-corrected chi connectivity index (χ4v) is 0.739. The van der Waals surface area contributed by atoms with Gasteiger partial charge >= 0.3 is 5.97 Å². The summed E-state index contributed by atoms with van der Waals surface area (Å²) in [6.07, 6.45) is 0. The maximum absolute atomic E-state index is 10.2. The Kier molecular flexibility index (Phi) is 1.62. The Morgan fingerprint density at radius 2 is 2.40 bits per heavy atom. The largest absolute Gasteiger partial charge is 0.476 e. The fraction of sp³-hybridized carbons (Fsp3) is 0. The number of nitrogen functional groups attached to an aromatic ring is 1. The summed E-state index contributed by atoms with van der Waals surface area (Å²) in [7, 11) is 0. The average Bonchev–Trinajstić information content (AvgIpc) is 2.14. The number of carboxylic acids is 1. The molecular formula is C4H3BrN2O3. The van der Waals surface area contributed by atoms with Crippen molar-refractivity contribution in [2.45, 2.75) is 0 Å². The molecule has 0 atom stereocenters. The van der Waals surface area contributed by atoms with Crippen LogP contribution in [-0.4, -0.2) is 16.2 Å². The molecule has 0 spiro atoms. The van der Waals surface area contributed by atoms with Crippen LogP contribution < -0.4 is 5.73 Å². The molecule has 5 nitrogen and oxygen atoms in total. The first-order chi connectivity index (χ1) is 4.63. The first kappa shape index (κ1) is 7.07. The number of nitrogens with two attached hydrogens (primary N) is 1. The molecule has 0 aliphatic carbocycles. The molecule has 0 aliphatic heterocycles. The molecule has 0 aliphatic rings. The van der Waals surface area contributed by atoms with Crippen molar-refractivity contribution in [2.75, 3.05) is 5.73 Å². The van der Waals surface area contributed by atoms with E-state index < -0.39 is 5.97 Å². The van der Waals surface area contributed by atoms with Crippen molar-refractivity contribution < 1.29 is 14.4 Å². The normalized spacial score (nSPS) is 9.70. The number of rotatable bonds is 1. The van der Waals surface area contributed by atoms with E-state index in [9.17, 15) is 4.79 Å². The van der Waals surface area contributed by atoms with Crippen molar-refractivity contribution >= 4 is 27.8 Å². The van der Waals surface area contributed by atoms with Gasteiger partial charge in [-0.15, -0.1) is 0 Å². The minimum Gasteiger partial charge on any atom is -0.476 e. The van der Waals surface area contributed by atoms with Crippen LogP contribution in [0, 0.1) is 0 Å². The fourth-order valence-electron chi connectivity index (χ4n) is 0.425. The summed E-state index contributed by atoms with van der Waals surface area (Å²) in [5, 5.41) is 11.5. The van der Waals surface area contributed by atoms with Crippen LogP contribution >= 0.6 is 15.9 Å². The zero-order chi connectivity index (χ0) is 7.72. The van der Waals surface area contributed by atoms with E-state index in [2.05, 4.69) is 25.6 Å². The second kappa shape index (κ2) is 2.30. The Morgan fingerprint density at radius 3 is 2.60 bits per heavy atom. The number of halogens is 1. The van der Waals surface area contributed by atoms with Gasteiger partial charge in [0.05, 0.1) is 0 Å². The Labute approximate surface area is 63.9 Å². The molecular weight excluding hydrogens is 204 g/mol. The van der Waals surface area contributed by atoms with Gasteiger partial charge in [-0.05, 0) is 15.9 Å². The highest BCUT2D eigenvalue weighted by Gasteiger charge is 2.16. The third-order valence-electron chi connectivity index (χ3n) is 0.862. The molecule has 6 heteroatoms. The van der Waals surface area contributed by atoms with E-state index in [-0.39, 0.29) is 16.1 Å². The topological polar surface area (TPSA) is 89.4 Å². The van der Waals surface area contributed by atoms with Crippen molar-refractivity contribution in [3.8, 4) is 0 Å². The highest BCUT2D eigenvalue weighted by Crippen LogP contribution is 2.22. The number of hydrogen-bond acceptors (Lipinski definition) is 4. The quantitative estimate of drug-likeness (QED) is 0.707. The molecule has 0 bridgehead atoms. The van der Waals surface area contributed by atoms with E-state index in [1.54, 1.807) is 0 Å². The van der Waals surface area contributed by atoms with E-state index in [0.29, 0.717) is 0 Å². The molecule has 1 rings (SSSR count). The Bertz CT molecular complexity index is 269. The second-order valence-corrected chi connectivity index (χ2v) is 2.31. The lowest BCUT2D eigenvalue weighted by Crippen LogP contribution is -1.96. The lowest BCUT2D eigenvalue weighted by atomic mass is 10.4. The van der Waals surface area contributed by atoms with Crippen LogP contribution in [0.15, 0.2) is 9.00 Å². The van der Waals surface area contributed by atoms with E-state index in [0.717, 1.165) is 0 Å². The van der Waals surface area contributed by atoms with Gasteiger partial charge in [0, 0.05) is 0 Å². The summed E-state index contributed by atoms with van der Waals surface area (Å²) >= 11 is 2.89. The molecule has 3 N–H and O–H groups in total. The zero-order valence-corrected chi connectivity index (χ0v) is 6.25. The Morgan fingerprint density at radius 1 is 1.80 bits per heavy atom. The van der Waals surface area contributed by atoms with Crippen molar-refractivity contribution in [3.05, 3.63) is 10.2 Å². The zero-order valence-electron chi connectivity index (χ0n) is 4.67. The molecule has 0 fully saturated rings. The SMILES string of the molecule is Nc1onc(C(=O)O)c1Br. The number of carboxylic acid groups (broad SMARTS) is 1. The molecule has 0 saturated carbocycles. The molecule has 54 valence electrons. The van der Waals surface area contributed by atoms with E-state index in [1.165, 1.54) is 0 Å². The van der Waals surface area contributed by atoms with E-state index in [4.69, 9.17) is 10.8 Å². The number of hydrogen-bond donors (Lipinski definition) is 2. The first-order valence-corrected chi connectivity index (χ1v) is 3.06. The van der Waals surface area contributed by atoms with Crippen LogP contribution in [0.1, 0.15) is 10.5 Å². The van der Waals surface area contributed by atoms with Crippen LogP contribution in [0.4, 0.5) is 5.88 Å². The lowest BCUT2D eigenvalue weighted by molar-refractivity contribution is 0.0685. The van der Waals surface area contributed by atoms with Crippen LogP contribution in [0.2, 0.25) is 0 Å². The summed E-state index contributed by atoms with van der Waals surface area (Å²) in [5.41, 5.74) is 4.93. The molecule has 0 aromatic carbocycles. The maximum atomic E-state index is 10.2. The standard InChI is InChI=1S/C4H3BrN2O3/c5-1-2(4(8)9)7-10-3(1)6/h6H2,(H,8,9). The van der Waals surface area contributed by atoms with Gasteiger partial charge < -0.3 is 15.4 Å². The summed E-state index contributed by atoms with van der Waals surface area (Å²) < 4.78 is 4.54. The number of nitrogens with zero attached hydrogens (tertiary/aromatic N) is 1. The van der Waals surface area contributed by atoms with Crippen LogP contribution in [0.3, 0.4) is 0 Å². The smallest absolute Gasteiger partial charge is 0.359 e. The molecule has 0 radical (unpaired) electrons. The molecule has 0 unspecified atom stereocenters. The van der Waals surface area contributed by atoms with Crippen LogP contribution in [0.25, 0.3) is 0 Å². The predicted molar refractivity (Wildman–Crippen MR) is 35.6 cm³/mol. The number of carbonyl (C=O) groups is 1.